The highest BCUT2D eigenvalue weighted by Crippen LogP contribution is 2.24. The molecular formula is C10H12ClN9O2. The molecule has 1 aromatic rings. The molecule has 1 aromatic heterocycles. The number of pyridine rings is 1. The van der Waals surface area contributed by atoms with Crippen LogP contribution in [0.25, 0.3) is 10.4 Å². The van der Waals surface area contributed by atoms with Gasteiger partial charge in [-0.3, -0.25) is 4.90 Å². The maximum Gasteiger partial charge on any atom is 0.259 e. The Kier molecular flexibility index (Phi) is 4.94. The summed E-state index contributed by atoms with van der Waals surface area (Å²) in [4.78, 5) is 24.9. The van der Waals surface area contributed by atoms with Crippen molar-refractivity contribution in [1.29, 1.82) is 0 Å². The summed E-state index contributed by atoms with van der Waals surface area (Å²) >= 11 is 5.82. The number of hydrogen-bond acceptors (Lipinski definition) is 7. The Hall–Kier alpha value is -2.62. The second-order valence-corrected chi connectivity index (χ2v) is 4.89. The van der Waals surface area contributed by atoms with Gasteiger partial charge in [0.2, 0.25) is 0 Å². The molecule has 2 heterocycles. The van der Waals surface area contributed by atoms with Gasteiger partial charge >= 0.3 is 0 Å². The van der Waals surface area contributed by atoms with Crippen molar-refractivity contribution >= 4 is 23.2 Å². The first-order valence-corrected chi connectivity index (χ1v) is 6.46. The third kappa shape index (κ3) is 3.95. The van der Waals surface area contributed by atoms with Crippen LogP contribution in [0.5, 0.6) is 0 Å². The van der Waals surface area contributed by atoms with Crippen LogP contribution in [0.2, 0.25) is 5.15 Å². The molecular weight excluding hydrogens is 314 g/mol. The van der Waals surface area contributed by atoms with Gasteiger partial charge in [0.15, 0.2) is 5.03 Å². The fourth-order valence-electron chi connectivity index (χ4n) is 1.91. The average molecular weight is 326 g/mol. The average Bonchev–Trinajstić information content (AvgIpc) is 2.45. The lowest BCUT2D eigenvalue weighted by atomic mass is 10.2. The highest BCUT2D eigenvalue weighted by Gasteiger charge is 2.22. The molecule has 22 heavy (non-hydrogen) atoms. The molecule has 11 nitrogen and oxygen atoms in total. The van der Waals surface area contributed by atoms with Gasteiger partial charge in [-0.1, -0.05) is 22.1 Å². The Morgan fingerprint density at radius 3 is 3.14 bits per heavy atom. The lowest BCUT2D eigenvalue weighted by molar-refractivity contribution is -0.526. The number of guanidine groups is 1. The second kappa shape index (κ2) is 6.89. The number of nitro groups is 1. The molecule has 0 atom stereocenters. The second-order valence-electron chi connectivity index (χ2n) is 4.53. The normalized spacial score (nSPS) is 15.0. The van der Waals surface area contributed by atoms with Gasteiger partial charge in [0, 0.05) is 17.7 Å². The summed E-state index contributed by atoms with van der Waals surface area (Å²) in [6, 6.07) is 1.58. The predicted molar refractivity (Wildman–Crippen MR) is 78.7 cm³/mol. The molecule has 0 saturated carbocycles. The number of nitrogens with one attached hydrogen (secondary N) is 1. The van der Waals surface area contributed by atoms with Crippen molar-refractivity contribution in [2.45, 2.75) is 6.54 Å². The van der Waals surface area contributed by atoms with Crippen molar-refractivity contribution in [3.63, 3.8) is 0 Å². The number of aliphatic imine (C=N–C) groups is 1. The lowest BCUT2D eigenvalue weighted by Crippen LogP contribution is -2.51. The molecule has 0 saturated heterocycles. The van der Waals surface area contributed by atoms with Crippen molar-refractivity contribution in [2.75, 3.05) is 20.4 Å². The number of rotatable bonds is 4. The molecule has 0 aromatic carbocycles. The molecule has 0 fully saturated rings. The molecule has 0 radical (unpaired) electrons. The number of hydrazine groups is 1. The summed E-state index contributed by atoms with van der Waals surface area (Å²) in [7, 11) is 1.84. The van der Waals surface area contributed by atoms with Crippen LogP contribution in [0.1, 0.15) is 5.56 Å². The fraction of sp³-hybridized carbons (Fsp3) is 0.400. The zero-order chi connectivity index (χ0) is 16.1. The largest absolute Gasteiger partial charge is 0.321 e. The van der Waals surface area contributed by atoms with Crippen molar-refractivity contribution in [3.05, 3.63) is 43.5 Å². The summed E-state index contributed by atoms with van der Waals surface area (Å²) < 4.78 is 0. The minimum atomic E-state index is -0.664. The molecule has 1 N–H and O–H groups in total. The first kappa shape index (κ1) is 15.8. The van der Waals surface area contributed by atoms with E-state index in [1.807, 2.05) is 11.9 Å². The van der Waals surface area contributed by atoms with Gasteiger partial charge < -0.3 is 4.90 Å². The Bertz CT molecular complexity index is 658. The number of hydrogen-bond donors (Lipinski definition) is 1. The molecule has 0 amide bonds. The topological polar surface area (TPSA) is 136 Å². The summed E-state index contributed by atoms with van der Waals surface area (Å²) in [5.74, 6) is 0.156. The molecule has 2 rings (SSSR count). The molecule has 0 bridgehead atoms. The van der Waals surface area contributed by atoms with Gasteiger partial charge in [-0.2, -0.15) is 0 Å². The first-order valence-electron chi connectivity index (χ1n) is 6.08. The van der Waals surface area contributed by atoms with Crippen LogP contribution in [0.4, 0.5) is 5.69 Å². The molecule has 1 aliphatic rings. The lowest BCUT2D eigenvalue weighted by Gasteiger charge is -2.32. The Morgan fingerprint density at radius 1 is 1.68 bits per heavy atom. The zero-order valence-corrected chi connectivity index (χ0v) is 12.3. The van der Waals surface area contributed by atoms with Crippen molar-refractivity contribution in [2.24, 2.45) is 10.1 Å². The van der Waals surface area contributed by atoms with Crippen molar-refractivity contribution in [3.8, 4) is 0 Å². The van der Waals surface area contributed by atoms with Crippen LogP contribution in [0, 0.1) is 10.1 Å². The van der Waals surface area contributed by atoms with Crippen LogP contribution in [-0.4, -0.2) is 46.2 Å². The Labute approximate surface area is 129 Å². The van der Waals surface area contributed by atoms with Gasteiger partial charge in [-0.15, -0.1) is 0 Å². The van der Waals surface area contributed by atoms with Crippen molar-refractivity contribution < 1.29 is 5.03 Å². The Balaban J connectivity index is 2.21. The molecule has 1 aliphatic heterocycles. The molecule has 0 unspecified atom stereocenters. The summed E-state index contributed by atoms with van der Waals surface area (Å²) in [6.45, 7) is 1.09. The van der Waals surface area contributed by atoms with Crippen LogP contribution in [-0.2, 0) is 6.54 Å². The van der Waals surface area contributed by atoms with E-state index in [0.29, 0.717) is 25.4 Å². The molecule has 116 valence electrons. The number of aromatic nitrogens is 1. The quantitative estimate of drug-likeness (QED) is 0.222. The number of nitrogens with zero attached hydrogens (tertiary/aromatic N) is 8. The van der Waals surface area contributed by atoms with Gasteiger partial charge in [0.05, 0.1) is 19.0 Å². The standard InChI is InChI=1S/C10H12ClN9O2/c1-18-5-14-10(16-20(21)22)19(6-18)4-7-2-8(15-17-12)9(11)13-3-7/h2-3H,4-6H2,1H3,(H,14,16). The van der Waals surface area contributed by atoms with E-state index < -0.39 is 5.03 Å². The van der Waals surface area contributed by atoms with E-state index in [4.69, 9.17) is 17.1 Å². The third-order valence-corrected chi connectivity index (χ3v) is 3.06. The van der Waals surface area contributed by atoms with Gasteiger partial charge in [0.25, 0.3) is 5.96 Å². The van der Waals surface area contributed by atoms with E-state index in [9.17, 15) is 10.1 Å². The predicted octanol–water partition coefficient (Wildman–Crippen LogP) is 1.48. The van der Waals surface area contributed by atoms with E-state index >= 15 is 0 Å². The monoisotopic (exact) mass is 325 g/mol. The first-order chi connectivity index (χ1) is 10.5. The maximum atomic E-state index is 10.6. The zero-order valence-electron chi connectivity index (χ0n) is 11.5. The molecule has 12 heteroatoms. The smallest absolute Gasteiger partial charge is 0.259 e. The molecule has 0 spiro atoms. The van der Waals surface area contributed by atoms with E-state index in [2.05, 4.69) is 25.4 Å². The number of halogens is 1. The van der Waals surface area contributed by atoms with Crippen LogP contribution in [0.15, 0.2) is 22.4 Å². The van der Waals surface area contributed by atoms with Crippen LogP contribution >= 0.6 is 11.6 Å². The minimum Gasteiger partial charge on any atom is -0.321 e. The Morgan fingerprint density at radius 2 is 2.45 bits per heavy atom. The van der Waals surface area contributed by atoms with E-state index in [0.717, 1.165) is 0 Å². The molecule has 0 aliphatic carbocycles. The van der Waals surface area contributed by atoms with E-state index in [-0.39, 0.29) is 16.8 Å². The summed E-state index contributed by atoms with van der Waals surface area (Å²) in [5.41, 5.74) is 11.4. The van der Waals surface area contributed by atoms with Crippen molar-refractivity contribution in [1.82, 2.24) is 20.2 Å². The summed E-state index contributed by atoms with van der Waals surface area (Å²) in [5, 5.41) is 13.5. The fourth-order valence-corrected chi connectivity index (χ4v) is 2.05. The van der Waals surface area contributed by atoms with Crippen LogP contribution in [0.3, 0.4) is 0 Å². The van der Waals surface area contributed by atoms with Gasteiger partial charge in [-0.05, 0) is 24.2 Å². The maximum absolute atomic E-state index is 10.6. The van der Waals surface area contributed by atoms with Gasteiger partial charge in [-0.25, -0.2) is 20.1 Å². The highest BCUT2D eigenvalue weighted by molar-refractivity contribution is 6.31. The highest BCUT2D eigenvalue weighted by atomic mass is 35.5. The van der Waals surface area contributed by atoms with Crippen LogP contribution < -0.4 is 5.43 Å². The SMILES string of the molecule is CN1CN=C(N[N+](=O)[O-])N(Cc2cnc(Cl)c(N=[N+]=[N-])c2)C1. The van der Waals surface area contributed by atoms with E-state index in [1.165, 1.54) is 6.20 Å². The number of azide groups is 1. The minimum absolute atomic E-state index is 0.0922. The van der Waals surface area contributed by atoms with E-state index in [1.54, 1.807) is 11.0 Å². The summed E-state index contributed by atoms with van der Waals surface area (Å²) in [6.07, 6.45) is 1.51. The third-order valence-electron chi connectivity index (χ3n) is 2.77. The van der Waals surface area contributed by atoms with Gasteiger partial charge in [0.1, 0.15) is 5.15 Å².